The molecule has 33 heavy (non-hydrogen) atoms. The van der Waals surface area contributed by atoms with Crippen LogP contribution in [0, 0.1) is 6.92 Å². The lowest BCUT2D eigenvalue weighted by Gasteiger charge is -2.35. The Morgan fingerprint density at radius 2 is 1.70 bits per heavy atom. The van der Waals surface area contributed by atoms with Gasteiger partial charge in [-0.2, -0.15) is 0 Å². The van der Waals surface area contributed by atoms with Crippen LogP contribution in [0.1, 0.15) is 30.5 Å². The van der Waals surface area contributed by atoms with Crippen LogP contribution >= 0.6 is 0 Å². The second-order valence-corrected chi connectivity index (χ2v) is 8.79. The lowest BCUT2D eigenvalue weighted by molar-refractivity contribution is -0.118. The number of carbonyl (C=O) groups is 2. The first-order valence-electron chi connectivity index (χ1n) is 11.3. The predicted octanol–water partition coefficient (Wildman–Crippen LogP) is 2.17. The molecule has 8 nitrogen and oxygen atoms in total. The van der Waals surface area contributed by atoms with E-state index in [4.69, 9.17) is 4.74 Å². The molecule has 0 unspecified atom stereocenters. The van der Waals surface area contributed by atoms with Crippen molar-refractivity contribution in [2.75, 3.05) is 24.6 Å². The third kappa shape index (κ3) is 5.97. The summed E-state index contributed by atoms with van der Waals surface area (Å²) in [5.41, 5.74) is 6.84. The number of benzene rings is 2. The highest BCUT2D eigenvalue weighted by Gasteiger charge is 2.25. The third-order valence-corrected chi connectivity index (χ3v) is 5.72. The standard InChI is InChI=1S/C25H31N5O3/c1-17-4-10-22(11-5-17)30-23(31)13-26-24(28-30)25(32)27-12-20-6-8-21(9-7-20)16-29-14-18(2)33-19(3)15-29/h4-11,18-19H,12-16H2,1-3H3,(H,26,28)(H,27,32)/t18-,19-/m0/s1. The summed E-state index contributed by atoms with van der Waals surface area (Å²) in [7, 11) is 0. The Hall–Kier alpha value is -3.23. The number of hydrogen-bond donors (Lipinski definition) is 2. The van der Waals surface area contributed by atoms with Gasteiger partial charge in [0.1, 0.15) is 6.54 Å². The maximum Gasteiger partial charge on any atom is 0.288 e. The van der Waals surface area contributed by atoms with Gasteiger partial charge in [-0.3, -0.25) is 24.9 Å². The quantitative estimate of drug-likeness (QED) is 0.706. The Morgan fingerprint density at radius 1 is 1.06 bits per heavy atom. The Labute approximate surface area is 194 Å². The molecule has 2 amide bonds. The van der Waals surface area contributed by atoms with Crippen molar-refractivity contribution in [1.29, 1.82) is 0 Å². The number of rotatable bonds is 6. The normalized spacial score (nSPS) is 21.4. The van der Waals surface area contributed by atoms with Crippen LogP contribution in [0.2, 0.25) is 0 Å². The maximum atomic E-state index is 12.6. The molecule has 2 heterocycles. The van der Waals surface area contributed by atoms with Crippen LogP contribution in [0.4, 0.5) is 5.69 Å². The summed E-state index contributed by atoms with van der Waals surface area (Å²) in [6, 6.07) is 15.8. The molecule has 174 valence electrons. The second-order valence-electron chi connectivity index (χ2n) is 8.79. The highest BCUT2D eigenvalue weighted by atomic mass is 16.5. The molecule has 2 aliphatic rings. The lowest BCUT2D eigenvalue weighted by atomic mass is 10.1. The van der Waals surface area contributed by atoms with Crippen LogP contribution in [0.25, 0.3) is 0 Å². The molecule has 2 aromatic rings. The lowest BCUT2D eigenvalue weighted by Crippen LogP contribution is -2.55. The van der Waals surface area contributed by atoms with Crippen LogP contribution in [0.5, 0.6) is 0 Å². The van der Waals surface area contributed by atoms with Gasteiger partial charge in [0, 0.05) is 26.2 Å². The van der Waals surface area contributed by atoms with Crippen molar-refractivity contribution in [1.82, 2.24) is 15.6 Å². The van der Waals surface area contributed by atoms with Gasteiger partial charge in [-0.25, -0.2) is 5.01 Å². The Kier molecular flexibility index (Phi) is 7.05. The van der Waals surface area contributed by atoms with E-state index in [0.717, 1.165) is 30.8 Å². The molecule has 2 aliphatic heterocycles. The van der Waals surface area contributed by atoms with Gasteiger partial charge >= 0.3 is 0 Å². The molecule has 8 heteroatoms. The largest absolute Gasteiger partial charge is 0.373 e. The van der Waals surface area contributed by atoms with E-state index in [-0.39, 0.29) is 36.4 Å². The van der Waals surface area contributed by atoms with Crippen LogP contribution in [0.15, 0.2) is 53.5 Å². The second kappa shape index (κ2) is 10.1. The number of morpholine rings is 1. The predicted molar refractivity (Wildman–Crippen MR) is 128 cm³/mol. The zero-order valence-corrected chi connectivity index (χ0v) is 19.4. The number of amidine groups is 1. The van der Waals surface area contributed by atoms with Gasteiger partial charge < -0.3 is 10.1 Å². The molecule has 0 spiro atoms. The fourth-order valence-electron chi connectivity index (χ4n) is 4.15. The Bertz CT molecular complexity index is 1010. The highest BCUT2D eigenvalue weighted by Crippen LogP contribution is 2.16. The van der Waals surface area contributed by atoms with Crippen molar-refractivity contribution in [3.63, 3.8) is 0 Å². The summed E-state index contributed by atoms with van der Waals surface area (Å²) in [5.74, 6) is -0.433. The third-order valence-electron chi connectivity index (χ3n) is 5.72. The van der Waals surface area contributed by atoms with Crippen molar-refractivity contribution in [3.8, 4) is 0 Å². The fraction of sp³-hybridized carbons (Fsp3) is 0.400. The van der Waals surface area contributed by atoms with Crippen LogP contribution < -0.4 is 15.8 Å². The van der Waals surface area contributed by atoms with Gasteiger partial charge in [-0.15, -0.1) is 0 Å². The number of carbonyl (C=O) groups excluding carboxylic acids is 2. The monoisotopic (exact) mass is 449 g/mol. The molecule has 0 aliphatic carbocycles. The molecule has 1 saturated heterocycles. The molecule has 0 aromatic heterocycles. The van der Waals surface area contributed by atoms with E-state index in [1.54, 1.807) is 0 Å². The SMILES string of the molecule is Cc1ccc(N2NC(C(=O)NCc3ccc(CN4C[C@H](C)O[C@@H](C)C4)cc3)=NCC2=O)cc1. The van der Waals surface area contributed by atoms with Crippen molar-refractivity contribution in [2.45, 2.75) is 46.1 Å². The smallest absolute Gasteiger partial charge is 0.288 e. The average Bonchev–Trinajstić information content (AvgIpc) is 2.79. The van der Waals surface area contributed by atoms with Crippen molar-refractivity contribution in [2.24, 2.45) is 4.99 Å². The fourth-order valence-corrected chi connectivity index (χ4v) is 4.15. The first kappa shape index (κ1) is 22.9. The van der Waals surface area contributed by atoms with E-state index >= 15 is 0 Å². The van der Waals surface area contributed by atoms with Gasteiger partial charge in [-0.05, 0) is 44.0 Å². The maximum absolute atomic E-state index is 12.6. The molecule has 2 N–H and O–H groups in total. The van der Waals surface area contributed by atoms with Crippen LogP contribution in [0.3, 0.4) is 0 Å². The van der Waals surface area contributed by atoms with Crippen molar-refractivity contribution < 1.29 is 14.3 Å². The van der Waals surface area contributed by atoms with E-state index in [9.17, 15) is 9.59 Å². The minimum atomic E-state index is -0.347. The molecule has 0 bridgehead atoms. The molecule has 2 atom stereocenters. The summed E-state index contributed by atoms with van der Waals surface area (Å²) in [4.78, 5) is 31.4. The van der Waals surface area contributed by atoms with Gasteiger partial charge in [0.2, 0.25) is 5.84 Å². The van der Waals surface area contributed by atoms with Gasteiger partial charge in [0.25, 0.3) is 11.8 Å². The summed E-state index contributed by atoms with van der Waals surface area (Å²) < 4.78 is 5.80. The first-order valence-corrected chi connectivity index (χ1v) is 11.3. The number of ether oxygens (including phenoxy) is 1. The van der Waals surface area contributed by atoms with E-state index < -0.39 is 0 Å². The molecule has 2 aromatic carbocycles. The van der Waals surface area contributed by atoms with Crippen LogP contribution in [-0.4, -0.2) is 54.4 Å². The first-order chi connectivity index (χ1) is 15.9. The number of hydrazine groups is 1. The van der Waals surface area contributed by atoms with Crippen molar-refractivity contribution >= 4 is 23.3 Å². The molecule has 4 rings (SSSR count). The Balaban J connectivity index is 1.30. The van der Waals surface area contributed by atoms with Crippen LogP contribution in [-0.2, 0) is 27.4 Å². The molecule has 0 radical (unpaired) electrons. The molecule has 1 fully saturated rings. The summed E-state index contributed by atoms with van der Waals surface area (Å²) in [5, 5.41) is 4.24. The zero-order chi connectivity index (χ0) is 23.4. The number of anilines is 1. The number of nitrogens with one attached hydrogen (secondary N) is 2. The van der Waals surface area contributed by atoms with Gasteiger partial charge in [-0.1, -0.05) is 42.0 Å². The number of hydrogen-bond acceptors (Lipinski definition) is 6. The number of aryl methyl sites for hydroxylation is 1. The summed E-state index contributed by atoms with van der Waals surface area (Å²) in [6.07, 6.45) is 0.494. The number of nitrogens with zero attached hydrogens (tertiary/aromatic N) is 3. The van der Waals surface area contributed by atoms with E-state index in [1.807, 2.05) is 43.3 Å². The highest BCUT2D eigenvalue weighted by molar-refractivity contribution is 6.39. The summed E-state index contributed by atoms with van der Waals surface area (Å²) >= 11 is 0. The Morgan fingerprint density at radius 3 is 2.36 bits per heavy atom. The summed E-state index contributed by atoms with van der Waals surface area (Å²) in [6.45, 7) is 9.24. The topological polar surface area (TPSA) is 86.3 Å². The minimum absolute atomic E-state index is 0.0723. The van der Waals surface area contributed by atoms with Gasteiger partial charge in [0.15, 0.2) is 0 Å². The molecular weight excluding hydrogens is 418 g/mol. The van der Waals surface area contributed by atoms with E-state index in [1.165, 1.54) is 10.6 Å². The molecular formula is C25H31N5O3. The molecule has 0 saturated carbocycles. The number of aliphatic imine (C=N–C) groups is 1. The number of amides is 2. The minimum Gasteiger partial charge on any atom is -0.373 e. The van der Waals surface area contributed by atoms with E-state index in [2.05, 4.69) is 46.6 Å². The van der Waals surface area contributed by atoms with Gasteiger partial charge in [0.05, 0.1) is 17.9 Å². The van der Waals surface area contributed by atoms with Crippen molar-refractivity contribution in [3.05, 3.63) is 65.2 Å². The zero-order valence-electron chi connectivity index (χ0n) is 19.4. The average molecular weight is 450 g/mol. The van der Waals surface area contributed by atoms with E-state index in [0.29, 0.717) is 12.2 Å².